The molecule has 6 aliphatic rings. The molecule has 1 spiro atoms. The number of hydrogen-bond acceptors (Lipinski definition) is 6. The fourth-order valence-electron chi connectivity index (χ4n) is 11.8. The fourth-order valence-corrected chi connectivity index (χ4v) is 11.8. The summed E-state index contributed by atoms with van der Waals surface area (Å²) in [6.45, 7) is 19.0. The lowest BCUT2D eigenvalue weighted by atomic mass is 9.35. The van der Waals surface area contributed by atoms with Gasteiger partial charge in [-0.15, -0.1) is 0 Å². The van der Waals surface area contributed by atoms with E-state index >= 15 is 0 Å². The summed E-state index contributed by atoms with van der Waals surface area (Å²) in [5.74, 6) is -0.224. The Morgan fingerprint density at radius 1 is 0.921 bits per heavy atom. The SMILES string of the molecule is CC(=O)O[C@@H]1CC2[C@@]3(C)CCC(=O)C(C)(C)C3CC[C@@]2(C)[C@]2(C)CC[C@@]3(O[C@@]4(C(C)(C)O)CC[C@]3(C)O4)C12. The van der Waals surface area contributed by atoms with E-state index in [-0.39, 0.29) is 39.7 Å². The smallest absolute Gasteiger partial charge is 0.302 e. The van der Waals surface area contributed by atoms with Crippen molar-refractivity contribution in [2.75, 3.05) is 0 Å². The van der Waals surface area contributed by atoms with E-state index in [0.29, 0.717) is 30.5 Å². The van der Waals surface area contributed by atoms with Crippen LogP contribution in [0.3, 0.4) is 0 Å². The van der Waals surface area contributed by atoms with Gasteiger partial charge in [-0.1, -0.05) is 34.6 Å². The number of fused-ring (bicyclic) bond motifs is 9. The highest BCUT2D eigenvalue weighted by Crippen LogP contribution is 2.79. The molecule has 2 aliphatic heterocycles. The summed E-state index contributed by atoms with van der Waals surface area (Å²) in [6, 6.07) is 0. The molecule has 0 aromatic carbocycles. The van der Waals surface area contributed by atoms with E-state index in [9.17, 15) is 14.7 Å². The second-order valence-corrected chi connectivity index (χ2v) is 16.1. The Morgan fingerprint density at radius 3 is 2.21 bits per heavy atom. The normalized spacial score (nSPS) is 54.9. The number of esters is 1. The minimum Gasteiger partial charge on any atom is -0.462 e. The lowest BCUT2D eigenvalue weighted by molar-refractivity contribution is -0.294. The van der Waals surface area contributed by atoms with Crippen LogP contribution in [-0.2, 0) is 23.8 Å². The molecular formula is C32H50O6. The van der Waals surface area contributed by atoms with Crippen molar-refractivity contribution in [3.8, 4) is 0 Å². The molecule has 4 saturated carbocycles. The zero-order valence-corrected chi connectivity index (χ0v) is 25.2. The Labute approximate surface area is 228 Å². The van der Waals surface area contributed by atoms with Gasteiger partial charge in [-0.25, -0.2) is 0 Å². The van der Waals surface area contributed by atoms with Crippen LogP contribution in [0.1, 0.15) is 120 Å². The van der Waals surface area contributed by atoms with Crippen molar-refractivity contribution in [3.63, 3.8) is 0 Å². The lowest BCUT2D eigenvalue weighted by Crippen LogP contribution is -2.69. The van der Waals surface area contributed by atoms with Crippen molar-refractivity contribution in [2.45, 2.75) is 149 Å². The summed E-state index contributed by atoms with van der Waals surface area (Å²) in [6.07, 6.45) is 7.50. The van der Waals surface area contributed by atoms with Crippen molar-refractivity contribution in [1.82, 2.24) is 0 Å². The molecular weight excluding hydrogens is 480 g/mol. The van der Waals surface area contributed by atoms with Crippen molar-refractivity contribution in [1.29, 1.82) is 0 Å². The third-order valence-corrected chi connectivity index (χ3v) is 14.0. The van der Waals surface area contributed by atoms with Crippen LogP contribution < -0.4 is 0 Å². The van der Waals surface area contributed by atoms with E-state index in [1.807, 2.05) is 0 Å². The first-order chi connectivity index (χ1) is 17.3. The van der Waals surface area contributed by atoms with Crippen molar-refractivity contribution in [3.05, 3.63) is 0 Å². The van der Waals surface area contributed by atoms with Gasteiger partial charge in [0.05, 0.1) is 5.60 Å². The highest BCUT2D eigenvalue weighted by Gasteiger charge is 2.82. The number of carbonyl (C=O) groups is 2. The number of rotatable bonds is 2. The monoisotopic (exact) mass is 530 g/mol. The summed E-state index contributed by atoms with van der Waals surface area (Å²) >= 11 is 0. The number of aliphatic hydroxyl groups is 1. The number of hydrogen-bond donors (Lipinski definition) is 1. The van der Waals surface area contributed by atoms with E-state index < -0.39 is 22.6 Å². The third kappa shape index (κ3) is 2.91. The highest BCUT2D eigenvalue weighted by molar-refractivity contribution is 5.85. The van der Waals surface area contributed by atoms with Crippen LogP contribution in [0.5, 0.6) is 0 Å². The van der Waals surface area contributed by atoms with Gasteiger partial charge in [-0.2, -0.15) is 0 Å². The molecule has 6 heteroatoms. The summed E-state index contributed by atoms with van der Waals surface area (Å²) < 4.78 is 20.2. The topological polar surface area (TPSA) is 82.1 Å². The predicted molar refractivity (Wildman–Crippen MR) is 143 cm³/mol. The van der Waals surface area contributed by atoms with Gasteiger partial charge >= 0.3 is 5.97 Å². The van der Waals surface area contributed by atoms with Crippen molar-refractivity contribution < 1.29 is 28.9 Å². The molecule has 0 radical (unpaired) electrons. The molecule has 0 aromatic heterocycles. The Bertz CT molecular complexity index is 1080. The molecule has 2 heterocycles. The quantitative estimate of drug-likeness (QED) is 0.443. The standard InChI is InChI=1S/C32H50O6/c1-19(33)36-20-18-22-27(6)12-11-23(34)25(2,3)21(27)10-13-28(22,7)29(8)14-16-31(24(20)29)30(9)15-17-32(37-30,38-31)26(4,5)35/h20-22,24,35H,10-18H2,1-9H3/t20-,21?,22?,24?,27+,28-,29-,30+,31-,32-/m1/s1. The zero-order chi connectivity index (χ0) is 27.9. The summed E-state index contributed by atoms with van der Waals surface area (Å²) in [7, 11) is 0. The maximum absolute atomic E-state index is 13.1. The van der Waals surface area contributed by atoms with Gasteiger partial charge in [-0.3, -0.25) is 9.59 Å². The molecule has 6 fully saturated rings. The van der Waals surface area contributed by atoms with E-state index in [1.54, 1.807) is 13.8 Å². The molecule has 6 rings (SSSR count). The molecule has 3 unspecified atom stereocenters. The fraction of sp³-hybridized carbons (Fsp3) is 0.938. The minimum atomic E-state index is -1.14. The summed E-state index contributed by atoms with van der Waals surface area (Å²) in [4.78, 5) is 25.7. The van der Waals surface area contributed by atoms with Crippen LogP contribution in [-0.4, -0.2) is 45.6 Å². The van der Waals surface area contributed by atoms with Gasteiger partial charge < -0.3 is 19.3 Å². The molecule has 1 N–H and O–H groups in total. The zero-order valence-electron chi connectivity index (χ0n) is 25.2. The Kier molecular flexibility index (Phi) is 5.33. The predicted octanol–water partition coefficient (Wildman–Crippen LogP) is 5.97. The number of carbonyl (C=O) groups excluding carboxylic acids is 2. The van der Waals surface area contributed by atoms with Gasteiger partial charge in [0.25, 0.3) is 0 Å². The van der Waals surface area contributed by atoms with E-state index in [1.165, 1.54) is 6.92 Å². The molecule has 2 saturated heterocycles. The average Bonchev–Trinajstić information content (AvgIpc) is 3.39. The highest BCUT2D eigenvalue weighted by atomic mass is 16.8. The summed E-state index contributed by atoms with van der Waals surface area (Å²) in [5.41, 5.74) is -2.73. The van der Waals surface area contributed by atoms with E-state index in [2.05, 4.69) is 41.5 Å². The molecule has 6 nitrogen and oxygen atoms in total. The Hall–Kier alpha value is -0.980. The average molecular weight is 531 g/mol. The molecule has 38 heavy (non-hydrogen) atoms. The summed E-state index contributed by atoms with van der Waals surface area (Å²) in [5, 5.41) is 11.2. The van der Waals surface area contributed by atoms with Crippen LogP contribution in [0.2, 0.25) is 0 Å². The first-order valence-corrected chi connectivity index (χ1v) is 15.2. The van der Waals surface area contributed by atoms with Gasteiger partial charge in [0.2, 0.25) is 0 Å². The maximum atomic E-state index is 13.1. The molecule has 2 bridgehead atoms. The minimum absolute atomic E-state index is 0.0107. The molecule has 4 aliphatic carbocycles. The van der Waals surface area contributed by atoms with Crippen LogP contribution in [0, 0.1) is 39.4 Å². The largest absolute Gasteiger partial charge is 0.462 e. The van der Waals surface area contributed by atoms with Gasteiger partial charge in [0, 0.05) is 31.1 Å². The van der Waals surface area contributed by atoms with Crippen LogP contribution >= 0.6 is 0 Å². The Balaban J connectivity index is 1.48. The maximum Gasteiger partial charge on any atom is 0.302 e. The first kappa shape index (κ1) is 27.2. The molecule has 10 atom stereocenters. The number of ketones is 1. The Morgan fingerprint density at radius 2 is 1.61 bits per heavy atom. The van der Waals surface area contributed by atoms with Gasteiger partial charge in [0.15, 0.2) is 5.79 Å². The lowest BCUT2D eigenvalue weighted by Gasteiger charge is -2.70. The van der Waals surface area contributed by atoms with E-state index in [0.717, 1.165) is 44.9 Å². The molecule has 214 valence electrons. The van der Waals surface area contributed by atoms with Crippen LogP contribution in [0.4, 0.5) is 0 Å². The second kappa shape index (κ2) is 7.45. The van der Waals surface area contributed by atoms with Crippen molar-refractivity contribution >= 4 is 11.8 Å². The third-order valence-electron chi connectivity index (χ3n) is 14.0. The van der Waals surface area contributed by atoms with Gasteiger partial charge in [0.1, 0.15) is 23.1 Å². The molecule has 0 aromatic rings. The second-order valence-electron chi connectivity index (χ2n) is 16.1. The van der Waals surface area contributed by atoms with Crippen LogP contribution in [0.15, 0.2) is 0 Å². The van der Waals surface area contributed by atoms with E-state index in [4.69, 9.17) is 14.2 Å². The number of Topliss-reactive ketones (excluding diaryl/α,β-unsaturated/α-hetero) is 1. The van der Waals surface area contributed by atoms with Gasteiger partial charge in [-0.05, 0) is 93.8 Å². The number of ether oxygens (including phenoxy) is 3. The first-order valence-electron chi connectivity index (χ1n) is 15.2. The van der Waals surface area contributed by atoms with Crippen molar-refractivity contribution in [2.24, 2.45) is 39.4 Å². The van der Waals surface area contributed by atoms with Crippen LogP contribution in [0.25, 0.3) is 0 Å². The molecule has 0 amide bonds.